The summed E-state index contributed by atoms with van der Waals surface area (Å²) in [5, 5.41) is 12.5. The number of carbonyl (C=O) groups is 2. The molecule has 1 saturated heterocycles. The number of aliphatic carboxylic acids is 1. The zero-order chi connectivity index (χ0) is 15.6. The van der Waals surface area contributed by atoms with Gasteiger partial charge in [0.05, 0.1) is 26.7 Å². The molecule has 1 atom stereocenters. The zero-order valence-corrected chi connectivity index (χ0v) is 13.2. The Morgan fingerprint density at radius 1 is 1.19 bits per heavy atom. The van der Waals surface area contributed by atoms with E-state index in [0.29, 0.717) is 30.1 Å². The maximum Gasteiger partial charge on any atom is 0.321 e. The highest BCUT2D eigenvalue weighted by atomic mass is 35.5. The Morgan fingerprint density at radius 3 is 2.52 bits per heavy atom. The Bertz CT molecular complexity index is 580. The molecule has 0 radical (unpaired) electrons. The van der Waals surface area contributed by atoms with Crippen molar-refractivity contribution in [3.63, 3.8) is 0 Å². The molecule has 114 valence electrons. The number of carboxylic acids is 1. The first-order chi connectivity index (χ1) is 9.88. The predicted octanol–water partition coefficient (Wildman–Crippen LogP) is 3.98. The van der Waals surface area contributed by atoms with Crippen molar-refractivity contribution >= 4 is 52.5 Å². The number of halogens is 3. The SMILES string of the molecule is O=C(O)[C@@H]1CCCN(C(=O)Nc2cc(Cl)c(Cl)cc2Cl)C1. The van der Waals surface area contributed by atoms with Gasteiger partial charge in [-0.2, -0.15) is 0 Å². The van der Waals surface area contributed by atoms with E-state index >= 15 is 0 Å². The predicted molar refractivity (Wildman–Crippen MR) is 82.4 cm³/mol. The minimum absolute atomic E-state index is 0.181. The third-order valence-electron chi connectivity index (χ3n) is 3.31. The minimum atomic E-state index is -0.889. The number of anilines is 1. The lowest BCUT2D eigenvalue weighted by Gasteiger charge is -2.30. The van der Waals surface area contributed by atoms with E-state index in [4.69, 9.17) is 39.9 Å². The Hall–Kier alpha value is -1.17. The lowest BCUT2D eigenvalue weighted by Crippen LogP contribution is -2.44. The molecule has 2 amide bonds. The van der Waals surface area contributed by atoms with Crippen molar-refractivity contribution in [2.24, 2.45) is 5.92 Å². The summed E-state index contributed by atoms with van der Waals surface area (Å²) in [5.74, 6) is -1.42. The minimum Gasteiger partial charge on any atom is -0.481 e. The number of carbonyl (C=O) groups excluding carboxylic acids is 1. The molecule has 0 bridgehead atoms. The quantitative estimate of drug-likeness (QED) is 0.792. The number of urea groups is 1. The fraction of sp³-hybridized carbons (Fsp3) is 0.385. The van der Waals surface area contributed by atoms with Crippen molar-refractivity contribution < 1.29 is 14.7 Å². The van der Waals surface area contributed by atoms with Crippen LogP contribution in [0.15, 0.2) is 12.1 Å². The molecule has 21 heavy (non-hydrogen) atoms. The van der Waals surface area contributed by atoms with Crippen LogP contribution in [0.3, 0.4) is 0 Å². The molecule has 0 aromatic heterocycles. The maximum absolute atomic E-state index is 12.2. The van der Waals surface area contributed by atoms with E-state index in [1.165, 1.54) is 17.0 Å². The number of amides is 2. The van der Waals surface area contributed by atoms with Gasteiger partial charge in [-0.25, -0.2) is 4.79 Å². The molecule has 1 fully saturated rings. The van der Waals surface area contributed by atoms with E-state index in [2.05, 4.69) is 5.32 Å². The number of hydrogen-bond donors (Lipinski definition) is 2. The van der Waals surface area contributed by atoms with Crippen LogP contribution in [0.2, 0.25) is 15.1 Å². The van der Waals surface area contributed by atoms with Gasteiger partial charge in [-0.05, 0) is 25.0 Å². The molecule has 0 aliphatic carbocycles. The normalized spacial score (nSPS) is 18.4. The van der Waals surface area contributed by atoms with Gasteiger partial charge in [0.15, 0.2) is 0 Å². The highest BCUT2D eigenvalue weighted by Gasteiger charge is 2.28. The summed E-state index contributed by atoms with van der Waals surface area (Å²) in [6.07, 6.45) is 1.23. The fourth-order valence-corrected chi connectivity index (χ4v) is 2.77. The van der Waals surface area contributed by atoms with Crippen molar-refractivity contribution in [2.75, 3.05) is 18.4 Å². The highest BCUT2D eigenvalue weighted by Crippen LogP contribution is 2.32. The first-order valence-corrected chi connectivity index (χ1v) is 7.45. The Kier molecular flexibility index (Phi) is 5.19. The zero-order valence-electron chi connectivity index (χ0n) is 10.9. The van der Waals surface area contributed by atoms with Crippen molar-refractivity contribution in [2.45, 2.75) is 12.8 Å². The standard InChI is InChI=1S/C13H13Cl3N2O3/c14-8-4-10(16)11(5-9(8)15)17-13(21)18-3-1-2-7(6-18)12(19)20/h4-5,7H,1-3,6H2,(H,17,21)(H,19,20)/t7-/m1/s1. The third kappa shape index (κ3) is 3.93. The van der Waals surface area contributed by atoms with Crippen LogP contribution in [0.25, 0.3) is 0 Å². The first-order valence-electron chi connectivity index (χ1n) is 6.31. The van der Waals surface area contributed by atoms with Crippen LogP contribution in [-0.4, -0.2) is 35.1 Å². The van der Waals surface area contributed by atoms with E-state index in [0.717, 1.165) is 0 Å². The molecule has 1 aromatic carbocycles. The van der Waals surface area contributed by atoms with Gasteiger partial charge in [0, 0.05) is 13.1 Å². The van der Waals surface area contributed by atoms with E-state index in [1.807, 2.05) is 0 Å². The van der Waals surface area contributed by atoms with E-state index in [9.17, 15) is 9.59 Å². The number of piperidine rings is 1. The number of nitrogens with zero attached hydrogens (tertiary/aromatic N) is 1. The lowest BCUT2D eigenvalue weighted by molar-refractivity contribution is -0.143. The number of likely N-dealkylation sites (tertiary alicyclic amines) is 1. The van der Waals surface area contributed by atoms with Gasteiger partial charge in [0.1, 0.15) is 0 Å². The molecule has 8 heteroatoms. The van der Waals surface area contributed by atoms with Crippen molar-refractivity contribution in [3.05, 3.63) is 27.2 Å². The summed E-state index contributed by atoms with van der Waals surface area (Å²) in [7, 11) is 0. The van der Waals surface area contributed by atoms with Crippen LogP contribution in [0.1, 0.15) is 12.8 Å². The van der Waals surface area contributed by atoms with Gasteiger partial charge in [-0.3, -0.25) is 4.79 Å². The van der Waals surface area contributed by atoms with Crippen LogP contribution in [0.4, 0.5) is 10.5 Å². The molecule has 1 heterocycles. The topological polar surface area (TPSA) is 69.6 Å². The molecular weight excluding hydrogens is 339 g/mol. The second-order valence-corrected chi connectivity index (χ2v) is 6.02. The monoisotopic (exact) mass is 350 g/mol. The van der Waals surface area contributed by atoms with E-state index < -0.39 is 17.9 Å². The molecular formula is C13H13Cl3N2O3. The second kappa shape index (κ2) is 6.73. The number of nitrogens with one attached hydrogen (secondary N) is 1. The van der Waals surface area contributed by atoms with Crippen molar-refractivity contribution in [3.8, 4) is 0 Å². The fourth-order valence-electron chi connectivity index (χ4n) is 2.18. The molecule has 1 aromatic rings. The average molecular weight is 352 g/mol. The van der Waals surface area contributed by atoms with E-state index in [1.54, 1.807) is 0 Å². The summed E-state index contributed by atoms with van der Waals surface area (Å²) >= 11 is 17.7. The molecule has 0 saturated carbocycles. The summed E-state index contributed by atoms with van der Waals surface area (Å²) in [4.78, 5) is 24.6. The smallest absolute Gasteiger partial charge is 0.321 e. The van der Waals surface area contributed by atoms with Gasteiger partial charge in [-0.1, -0.05) is 34.8 Å². The molecule has 0 unspecified atom stereocenters. The average Bonchev–Trinajstić information content (AvgIpc) is 2.44. The van der Waals surface area contributed by atoms with Gasteiger partial charge in [0.25, 0.3) is 0 Å². The number of benzene rings is 1. The van der Waals surface area contributed by atoms with Crippen LogP contribution in [0.5, 0.6) is 0 Å². The van der Waals surface area contributed by atoms with Crippen LogP contribution in [-0.2, 0) is 4.79 Å². The molecule has 0 spiro atoms. The number of rotatable bonds is 2. The van der Waals surface area contributed by atoms with Crippen molar-refractivity contribution in [1.29, 1.82) is 0 Å². The van der Waals surface area contributed by atoms with Gasteiger partial charge in [-0.15, -0.1) is 0 Å². The van der Waals surface area contributed by atoms with Gasteiger partial charge in [0.2, 0.25) is 0 Å². The Morgan fingerprint density at radius 2 is 1.86 bits per heavy atom. The third-order valence-corrected chi connectivity index (χ3v) is 4.34. The molecule has 2 N–H and O–H groups in total. The maximum atomic E-state index is 12.2. The molecule has 2 rings (SSSR count). The van der Waals surface area contributed by atoms with Crippen LogP contribution < -0.4 is 5.32 Å². The molecule has 5 nitrogen and oxygen atoms in total. The van der Waals surface area contributed by atoms with E-state index in [-0.39, 0.29) is 16.6 Å². The molecule has 1 aliphatic rings. The number of hydrogen-bond acceptors (Lipinski definition) is 2. The largest absolute Gasteiger partial charge is 0.481 e. The summed E-state index contributed by atoms with van der Waals surface area (Å²) < 4.78 is 0. The van der Waals surface area contributed by atoms with Crippen molar-refractivity contribution in [1.82, 2.24) is 4.90 Å². The Balaban J connectivity index is 2.07. The highest BCUT2D eigenvalue weighted by molar-refractivity contribution is 6.44. The second-order valence-electron chi connectivity index (χ2n) is 4.80. The van der Waals surface area contributed by atoms with Gasteiger partial charge >= 0.3 is 12.0 Å². The van der Waals surface area contributed by atoms with Gasteiger partial charge < -0.3 is 15.3 Å². The van der Waals surface area contributed by atoms with Crippen LogP contribution >= 0.6 is 34.8 Å². The van der Waals surface area contributed by atoms with Crippen LogP contribution in [0, 0.1) is 5.92 Å². The Labute approximate surface area is 136 Å². The summed E-state index contributed by atoms with van der Waals surface area (Å²) in [6, 6.07) is 2.50. The lowest BCUT2D eigenvalue weighted by atomic mass is 9.99. The molecule has 1 aliphatic heterocycles. The summed E-state index contributed by atoms with van der Waals surface area (Å²) in [6.45, 7) is 0.689. The first kappa shape index (κ1) is 16.2. The summed E-state index contributed by atoms with van der Waals surface area (Å²) in [5.41, 5.74) is 0.341. The number of carboxylic acid groups (broad SMARTS) is 1.